The minimum absolute atomic E-state index is 0.281. The topological polar surface area (TPSA) is 53.2 Å². The molecule has 5 heteroatoms. The molecule has 0 fully saturated rings. The minimum Gasteiger partial charge on any atom is -0.462 e. The third-order valence-corrected chi connectivity index (χ3v) is 2.68. The fraction of sp³-hybridized carbons (Fsp3) is 0.333. The molecule has 0 amide bonds. The number of rotatable bonds is 3. The van der Waals surface area contributed by atoms with E-state index in [1.807, 2.05) is 0 Å². The van der Waals surface area contributed by atoms with Gasteiger partial charge in [0, 0.05) is 24.6 Å². The highest BCUT2D eigenvalue weighted by atomic mass is 16.5. The van der Waals surface area contributed by atoms with Crippen LogP contribution in [0.4, 0.5) is 0 Å². The van der Waals surface area contributed by atoms with Gasteiger partial charge in [-0.2, -0.15) is 0 Å². The summed E-state index contributed by atoms with van der Waals surface area (Å²) < 4.78 is 7.78. The predicted molar refractivity (Wildman–Crippen MR) is 79.0 cm³/mol. The van der Waals surface area contributed by atoms with Crippen molar-refractivity contribution in [3.63, 3.8) is 0 Å². The molecular weight excluding hydrogens is 256 g/mol. The smallest absolute Gasteiger partial charge is 0.339 e. The van der Waals surface area contributed by atoms with Crippen LogP contribution in [0.15, 0.2) is 35.8 Å². The highest BCUT2D eigenvalue weighted by Gasteiger charge is 2.06. The molecule has 20 heavy (non-hydrogen) atoms. The lowest BCUT2D eigenvalue weighted by atomic mass is 10.3. The van der Waals surface area contributed by atoms with Crippen LogP contribution in [0, 0.1) is 6.92 Å². The van der Waals surface area contributed by atoms with E-state index in [9.17, 15) is 9.59 Å². The molecule has 0 aliphatic carbocycles. The molecule has 5 nitrogen and oxygen atoms in total. The van der Waals surface area contributed by atoms with E-state index in [4.69, 9.17) is 4.74 Å². The average Bonchev–Trinajstić information content (AvgIpc) is 2.41. The maximum atomic E-state index is 12.4. The predicted octanol–water partition coefficient (Wildman–Crippen LogP) is 2.29. The maximum absolute atomic E-state index is 12.4. The van der Waals surface area contributed by atoms with Crippen molar-refractivity contribution in [1.82, 2.24) is 9.13 Å². The van der Waals surface area contributed by atoms with Gasteiger partial charge in [0.05, 0.1) is 12.2 Å². The highest BCUT2D eigenvalue weighted by molar-refractivity contribution is 5.88. The van der Waals surface area contributed by atoms with Crippen molar-refractivity contribution in [1.29, 1.82) is 0 Å². The van der Waals surface area contributed by atoms with Crippen molar-refractivity contribution >= 4 is 11.7 Å². The SMILES string of the molecule is C=C(C)n1c(C)cccc(C(=O)OCC)cn(C)c1=O. The molecule has 1 aromatic heterocycles. The van der Waals surface area contributed by atoms with Gasteiger partial charge in [-0.1, -0.05) is 12.6 Å². The van der Waals surface area contributed by atoms with E-state index >= 15 is 0 Å². The molecule has 0 aromatic carbocycles. The van der Waals surface area contributed by atoms with E-state index in [1.54, 1.807) is 46.0 Å². The Bertz CT molecular complexity index is 637. The molecule has 0 aliphatic rings. The van der Waals surface area contributed by atoms with Gasteiger partial charge in [-0.05, 0) is 32.9 Å². The van der Waals surface area contributed by atoms with Gasteiger partial charge < -0.3 is 9.30 Å². The molecular formula is C15H20N2O3. The maximum Gasteiger partial charge on any atom is 0.339 e. The van der Waals surface area contributed by atoms with Crippen molar-refractivity contribution in [2.24, 2.45) is 7.05 Å². The van der Waals surface area contributed by atoms with Gasteiger partial charge in [-0.25, -0.2) is 9.59 Å². The van der Waals surface area contributed by atoms with Gasteiger partial charge in [0.2, 0.25) is 0 Å². The van der Waals surface area contributed by atoms with Gasteiger partial charge in [0.15, 0.2) is 0 Å². The zero-order valence-electron chi connectivity index (χ0n) is 12.3. The summed E-state index contributed by atoms with van der Waals surface area (Å²) in [5.74, 6) is -0.460. The third-order valence-electron chi connectivity index (χ3n) is 2.68. The van der Waals surface area contributed by atoms with Crippen LogP contribution in [-0.4, -0.2) is 21.7 Å². The number of esters is 1. The lowest BCUT2D eigenvalue weighted by Gasteiger charge is -2.07. The second kappa shape index (κ2) is 6.75. The monoisotopic (exact) mass is 276 g/mol. The van der Waals surface area contributed by atoms with Crippen LogP contribution in [0.25, 0.3) is 5.70 Å². The molecule has 1 rings (SSSR count). The van der Waals surface area contributed by atoms with Crippen LogP contribution in [-0.2, 0) is 11.8 Å². The number of allylic oxidation sites excluding steroid dienone is 1. The Balaban J connectivity index is 3.67. The van der Waals surface area contributed by atoms with Gasteiger partial charge in [0.25, 0.3) is 0 Å². The van der Waals surface area contributed by atoms with Crippen LogP contribution in [0.3, 0.4) is 0 Å². The summed E-state index contributed by atoms with van der Waals surface area (Å²) in [5, 5.41) is 0. The lowest BCUT2D eigenvalue weighted by molar-refractivity contribution is 0.0525. The normalized spacial score (nSPS) is 9.80. The number of hydrogen-bond donors (Lipinski definition) is 0. The standard InChI is InChI=1S/C15H20N2O3/c1-6-20-14(18)13-9-7-8-12(4)17(11(2)3)15(19)16(5)10-13/h7-10H,2,6H2,1,3-5H3. The molecule has 0 radical (unpaired) electrons. The van der Waals surface area contributed by atoms with Crippen LogP contribution >= 0.6 is 0 Å². The molecule has 1 aromatic rings. The van der Waals surface area contributed by atoms with E-state index in [2.05, 4.69) is 6.58 Å². The van der Waals surface area contributed by atoms with Crippen molar-refractivity contribution in [2.75, 3.05) is 6.61 Å². The van der Waals surface area contributed by atoms with Gasteiger partial charge >= 0.3 is 11.7 Å². The second-order valence-corrected chi connectivity index (χ2v) is 4.44. The van der Waals surface area contributed by atoms with E-state index < -0.39 is 5.97 Å². The average molecular weight is 276 g/mol. The van der Waals surface area contributed by atoms with Crippen LogP contribution in [0.2, 0.25) is 0 Å². The number of nitrogens with zero attached hydrogens (tertiary/aromatic N) is 2. The first-order valence-electron chi connectivity index (χ1n) is 6.34. The molecule has 0 saturated carbocycles. The largest absolute Gasteiger partial charge is 0.462 e. The zero-order chi connectivity index (χ0) is 15.3. The number of carbonyl (C=O) groups is 1. The summed E-state index contributed by atoms with van der Waals surface area (Å²) in [6.07, 6.45) is 1.46. The van der Waals surface area contributed by atoms with E-state index in [1.165, 1.54) is 15.3 Å². The quantitative estimate of drug-likeness (QED) is 0.796. The molecule has 0 unspecified atom stereocenters. The third kappa shape index (κ3) is 3.60. The van der Waals surface area contributed by atoms with Crippen molar-refractivity contribution in [2.45, 2.75) is 20.8 Å². The molecule has 0 aliphatic heterocycles. The fourth-order valence-electron chi connectivity index (χ4n) is 1.78. The first kappa shape index (κ1) is 15.8. The number of ether oxygens (including phenoxy) is 1. The number of hydrogen-bond acceptors (Lipinski definition) is 3. The van der Waals surface area contributed by atoms with E-state index in [0.717, 1.165) is 5.69 Å². The summed E-state index contributed by atoms with van der Waals surface area (Å²) in [4.78, 5) is 24.1. The Morgan fingerprint density at radius 3 is 2.60 bits per heavy atom. The van der Waals surface area contributed by atoms with Crippen molar-refractivity contribution in [3.8, 4) is 0 Å². The molecule has 0 saturated heterocycles. The molecule has 1 heterocycles. The molecule has 108 valence electrons. The molecule has 0 spiro atoms. The Hall–Kier alpha value is -2.30. The summed E-state index contributed by atoms with van der Waals surface area (Å²) in [6.45, 7) is 9.38. The van der Waals surface area contributed by atoms with Crippen LogP contribution < -0.4 is 5.69 Å². The van der Waals surface area contributed by atoms with Gasteiger partial charge in [0.1, 0.15) is 0 Å². The number of carbonyl (C=O) groups excluding carboxylic acids is 1. The molecule has 0 bridgehead atoms. The van der Waals surface area contributed by atoms with E-state index in [-0.39, 0.29) is 12.3 Å². The number of aromatic nitrogens is 2. The Morgan fingerprint density at radius 1 is 1.40 bits per heavy atom. The van der Waals surface area contributed by atoms with E-state index in [0.29, 0.717) is 11.3 Å². The van der Waals surface area contributed by atoms with Crippen LogP contribution in [0.5, 0.6) is 0 Å². The lowest BCUT2D eigenvalue weighted by Crippen LogP contribution is -2.27. The summed E-state index contributed by atoms with van der Waals surface area (Å²) in [7, 11) is 1.59. The van der Waals surface area contributed by atoms with Crippen molar-refractivity contribution in [3.05, 3.63) is 52.7 Å². The number of aryl methyl sites for hydroxylation is 2. The first-order chi connectivity index (χ1) is 9.38. The fourth-order valence-corrected chi connectivity index (χ4v) is 1.78. The van der Waals surface area contributed by atoms with Crippen molar-refractivity contribution < 1.29 is 9.53 Å². The zero-order valence-corrected chi connectivity index (χ0v) is 12.3. The summed E-state index contributed by atoms with van der Waals surface area (Å²) in [5.41, 5.74) is 1.37. The van der Waals surface area contributed by atoms with Crippen LogP contribution in [0.1, 0.15) is 29.9 Å². The molecule has 0 N–H and O–H groups in total. The van der Waals surface area contributed by atoms with Gasteiger partial charge in [-0.3, -0.25) is 4.57 Å². The first-order valence-corrected chi connectivity index (χ1v) is 6.34. The Morgan fingerprint density at radius 2 is 2.05 bits per heavy atom. The van der Waals surface area contributed by atoms with Gasteiger partial charge in [-0.15, -0.1) is 0 Å². The Labute approximate surface area is 118 Å². The highest BCUT2D eigenvalue weighted by Crippen LogP contribution is 2.02. The summed E-state index contributed by atoms with van der Waals surface area (Å²) in [6, 6.07) is 5.08. The minimum atomic E-state index is -0.460. The second-order valence-electron chi connectivity index (χ2n) is 4.44. The Kier molecular flexibility index (Phi) is 5.32. The molecule has 0 atom stereocenters. The summed E-state index contributed by atoms with van der Waals surface area (Å²) >= 11 is 0.